The Morgan fingerprint density at radius 1 is 1.37 bits per heavy atom. The van der Waals surface area contributed by atoms with Crippen molar-refractivity contribution in [1.82, 2.24) is 0 Å². The van der Waals surface area contributed by atoms with E-state index in [1.165, 1.54) is 7.11 Å². The molecule has 0 aromatic heterocycles. The molecule has 0 spiro atoms. The van der Waals surface area contributed by atoms with Crippen molar-refractivity contribution in [3.63, 3.8) is 0 Å². The lowest BCUT2D eigenvalue weighted by Gasteiger charge is -2.16. The van der Waals surface area contributed by atoms with E-state index in [-0.39, 0.29) is 30.0 Å². The van der Waals surface area contributed by atoms with Crippen molar-refractivity contribution in [1.29, 1.82) is 0 Å². The van der Waals surface area contributed by atoms with E-state index in [0.29, 0.717) is 31.6 Å². The van der Waals surface area contributed by atoms with Gasteiger partial charge in [-0.15, -0.1) is 0 Å². The number of ketones is 1. The maximum atomic E-state index is 11.9. The lowest BCUT2D eigenvalue weighted by molar-refractivity contribution is -0.140. The number of rotatable bonds is 6. The highest BCUT2D eigenvalue weighted by atomic mass is 16.6. The van der Waals surface area contributed by atoms with Gasteiger partial charge >= 0.3 is 5.97 Å². The molecule has 0 fully saturated rings. The molecule has 0 amide bonds. The van der Waals surface area contributed by atoms with Gasteiger partial charge in [0.25, 0.3) is 0 Å². The molecule has 6 heteroatoms. The van der Waals surface area contributed by atoms with Gasteiger partial charge in [-0.3, -0.25) is 9.59 Å². The number of oxime groups is 1. The van der Waals surface area contributed by atoms with E-state index in [9.17, 15) is 14.7 Å². The monoisotopic (exact) mass is 269 g/mol. The zero-order chi connectivity index (χ0) is 14.3. The minimum Gasteiger partial charge on any atom is -0.511 e. The molecule has 0 aromatic rings. The van der Waals surface area contributed by atoms with Crippen molar-refractivity contribution in [3.8, 4) is 0 Å². The van der Waals surface area contributed by atoms with Gasteiger partial charge in [0.15, 0.2) is 5.78 Å². The molecule has 19 heavy (non-hydrogen) atoms. The molecule has 6 nitrogen and oxygen atoms in total. The van der Waals surface area contributed by atoms with Crippen LogP contribution in [-0.2, 0) is 19.2 Å². The van der Waals surface area contributed by atoms with Crippen molar-refractivity contribution < 1.29 is 24.3 Å². The van der Waals surface area contributed by atoms with Crippen molar-refractivity contribution >= 4 is 17.5 Å². The fourth-order valence-electron chi connectivity index (χ4n) is 1.84. The second-order valence-electron chi connectivity index (χ2n) is 4.13. The second kappa shape index (κ2) is 7.56. The van der Waals surface area contributed by atoms with E-state index in [0.717, 1.165) is 0 Å². The van der Waals surface area contributed by atoms with Crippen molar-refractivity contribution in [2.24, 2.45) is 5.16 Å². The van der Waals surface area contributed by atoms with E-state index >= 15 is 0 Å². The Hall–Kier alpha value is -1.85. The molecule has 0 atom stereocenters. The Kier molecular flexibility index (Phi) is 6.05. The number of Topliss-reactive ketones (excluding diaryl/α,β-unsaturated/α-hetero) is 1. The van der Waals surface area contributed by atoms with E-state index in [2.05, 4.69) is 9.89 Å². The van der Waals surface area contributed by atoms with Gasteiger partial charge in [-0.1, -0.05) is 5.16 Å². The second-order valence-corrected chi connectivity index (χ2v) is 4.13. The summed E-state index contributed by atoms with van der Waals surface area (Å²) in [5.41, 5.74) is 0.512. The van der Waals surface area contributed by atoms with Crippen LogP contribution in [0.4, 0.5) is 0 Å². The van der Waals surface area contributed by atoms with Gasteiger partial charge < -0.3 is 14.7 Å². The molecule has 0 bridgehead atoms. The molecule has 1 rings (SSSR count). The quantitative estimate of drug-likeness (QED) is 0.452. The summed E-state index contributed by atoms with van der Waals surface area (Å²) in [7, 11) is 1.30. The SMILES string of the molecule is CCO/N=C(\CCC(=O)OC)C1=C(O)CCCC1=O. The molecule has 0 unspecified atom stereocenters. The normalized spacial score (nSPS) is 16.5. The van der Waals surface area contributed by atoms with Gasteiger partial charge in [0.1, 0.15) is 12.4 Å². The summed E-state index contributed by atoms with van der Waals surface area (Å²) in [5.74, 6) is -0.529. The first-order chi connectivity index (χ1) is 9.10. The Morgan fingerprint density at radius 3 is 2.68 bits per heavy atom. The van der Waals surface area contributed by atoms with Gasteiger partial charge in [0.05, 0.1) is 24.8 Å². The van der Waals surface area contributed by atoms with E-state index in [1.54, 1.807) is 6.92 Å². The van der Waals surface area contributed by atoms with Gasteiger partial charge in [0.2, 0.25) is 0 Å². The van der Waals surface area contributed by atoms with Gasteiger partial charge in [0, 0.05) is 19.3 Å². The van der Waals surface area contributed by atoms with Gasteiger partial charge in [-0.05, 0) is 13.3 Å². The van der Waals surface area contributed by atoms with E-state index in [4.69, 9.17) is 4.84 Å². The number of ether oxygens (including phenoxy) is 1. The lowest BCUT2D eigenvalue weighted by Crippen LogP contribution is -2.21. The molecule has 0 aliphatic heterocycles. The smallest absolute Gasteiger partial charge is 0.305 e. The molecular formula is C13H19NO5. The van der Waals surface area contributed by atoms with Crippen LogP contribution >= 0.6 is 0 Å². The zero-order valence-electron chi connectivity index (χ0n) is 11.3. The van der Waals surface area contributed by atoms with Crippen LogP contribution in [0.5, 0.6) is 0 Å². The van der Waals surface area contributed by atoms with Crippen LogP contribution in [0.3, 0.4) is 0 Å². The number of methoxy groups -OCH3 is 1. The lowest BCUT2D eigenvalue weighted by atomic mass is 9.91. The fraction of sp³-hybridized carbons (Fsp3) is 0.615. The highest BCUT2D eigenvalue weighted by Crippen LogP contribution is 2.23. The summed E-state index contributed by atoms with van der Waals surface area (Å²) < 4.78 is 4.55. The summed E-state index contributed by atoms with van der Waals surface area (Å²) in [6, 6.07) is 0. The number of esters is 1. The number of aliphatic hydroxyl groups excluding tert-OH is 1. The molecule has 106 valence electrons. The van der Waals surface area contributed by atoms with Crippen LogP contribution < -0.4 is 0 Å². The van der Waals surface area contributed by atoms with Crippen LogP contribution in [0, 0.1) is 0 Å². The number of nitrogens with zero attached hydrogens (tertiary/aromatic N) is 1. The number of aliphatic hydroxyl groups is 1. The molecule has 0 radical (unpaired) electrons. The molecular weight excluding hydrogens is 250 g/mol. The van der Waals surface area contributed by atoms with Crippen molar-refractivity contribution in [3.05, 3.63) is 11.3 Å². The zero-order valence-corrected chi connectivity index (χ0v) is 11.3. The molecule has 0 saturated carbocycles. The summed E-state index contributed by atoms with van der Waals surface area (Å²) in [5, 5.41) is 13.7. The number of carbonyl (C=O) groups excluding carboxylic acids is 2. The third-order valence-corrected chi connectivity index (χ3v) is 2.77. The Balaban J connectivity index is 2.90. The Bertz CT molecular complexity index is 411. The molecule has 0 heterocycles. The highest BCUT2D eigenvalue weighted by Gasteiger charge is 2.25. The molecule has 1 aliphatic carbocycles. The standard InChI is InChI=1S/C13H19NO5/c1-3-19-14-9(7-8-12(17)18-2)13-10(15)5-4-6-11(13)16/h15H,3-8H2,1-2H3/b14-9+. The van der Waals surface area contributed by atoms with E-state index < -0.39 is 5.97 Å². The predicted octanol–water partition coefficient (Wildman–Crippen LogP) is 1.90. The molecule has 0 saturated heterocycles. The number of carbonyl (C=O) groups is 2. The highest BCUT2D eigenvalue weighted by molar-refractivity contribution is 6.23. The van der Waals surface area contributed by atoms with Crippen LogP contribution in [0.15, 0.2) is 16.5 Å². The number of allylic oxidation sites excluding steroid dienone is 2. The Morgan fingerprint density at radius 2 is 2.11 bits per heavy atom. The van der Waals surface area contributed by atoms with Crippen LogP contribution in [0.1, 0.15) is 39.0 Å². The molecule has 1 N–H and O–H groups in total. The van der Waals surface area contributed by atoms with Crippen molar-refractivity contribution in [2.45, 2.75) is 39.0 Å². The van der Waals surface area contributed by atoms with E-state index in [1.807, 2.05) is 0 Å². The van der Waals surface area contributed by atoms with Crippen LogP contribution in [0.25, 0.3) is 0 Å². The molecule has 1 aliphatic rings. The largest absolute Gasteiger partial charge is 0.511 e. The topological polar surface area (TPSA) is 85.2 Å². The molecule has 0 aromatic carbocycles. The third kappa shape index (κ3) is 4.39. The summed E-state index contributed by atoms with van der Waals surface area (Å²) in [6.45, 7) is 2.11. The summed E-state index contributed by atoms with van der Waals surface area (Å²) in [4.78, 5) is 28.0. The minimum atomic E-state index is -0.396. The van der Waals surface area contributed by atoms with Gasteiger partial charge in [-0.25, -0.2) is 0 Å². The minimum absolute atomic E-state index is 0.0274. The average Bonchev–Trinajstić information content (AvgIpc) is 2.40. The van der Waals surface area contributed by atoms with Gasteiger partial charge in [-0.2, -0.15) is 0 Å². The van der Waals surface area contributed by atoms with Crippen molar-refractivity contribution in [2.75, 3.05) is 13.7 Å². The Labute approximate surface area is 112 Å². The first-order valence-electron chi connectivity index (χ1n) is 6.31. The maximum Gasteiger partial charge on any atom is 0.305 e. The first kappa shape index (κ1) is 15.2. The number of hydrogen-bond acceptors (Lipinski definition) is 6. The van der Waals surface area contributed by atoms with Crippen LogP contribution in [0.2, 0.25) is 0 Å². The third-order valence-electron chi connectivity index (χ3n) is 2.77. The summed E-state index contributed by atoms with van der Waals surface area (Å²) in [6.07, 6.45) is 1.75. The summed E-state index contributed by atoms with van der Waals surface area (Å²) >= 11 is 0. The first-order valence-corrected chi connectivity index (χ1v) is 6.31. The maximum absolute atomic E-state index is 11.9. The fourth-order valence-corrected chi connectivity index (χ4v) is 1.84. The van der Waals surface area contributed by atoms with Crippen LogP contribution in [-0.4, -0.2) is 36.3 Å². The average molecular weight is 269 g/mol. The predicted molar refractivity (Wildman–Crippen MR) is 68.8 cm³/mol. The number of hydrogen-bond donors (Lipinski definition) is 1.